The number of methoxy groups -OCH3 is 1. The minimum absolute atomic E-state index is 0.0559. The molecule has 1 fully saturated rings. The minimum Gasteiger partial charge on any atom is -0.497 e. The van der Waals surface area contributed by atoms with Crippen LogP contribution in [0.5, 0.6) is 5.75 Å². The summed E-state index contributed by atoms with van der Waals surface area (Å²) in [7, 11) is 1.65. The van der Waals surface area contributed by atoms with Gasteiger partial charge in [-0.2, -0.15) is 0 Å². The molecule has 7 heteroatoms. The molecule has 1 aliphatic heterocycles. The van der Waals surface area contributed by atoms with Gasteiger partial charge in [0, 0.05) is 17.6 Å². The summed E-state index contributed by atoms with van der Waals surface area (Å²) in [5, 5.41) is 3.17. The molecule has 30 heavy (non-hydrogen) atoms. The zero-order chi connectivity index (χ0) is 22.1. The summed E-state index contributed by atoms with van der Waals surface area (Å²) >= 11 is 3.56. The molecular formula is C23H29BrN2O4. The highest BCUT2D eigenvalue weighted by Crippen LogP contribution is 2.29. The Kier molecular flexibility index (Phi) is 8.87. The Morgan fingerprint density at radius 2 is 1.80 bits per heavy atom. The van der Waals surface area contributed by atoms with Crippen molar-refractivity contribution < 1.29 is 19.1 Å². The second-order valence-electron chi connectivity index (χ2n) is 7.91. The molecule has 1 N–H and O–H groups in total. The molecule has 1 heterocycles. The fourth-order valence-corrected chi connectivity index (χ4v) is 3.19. The lowest BCUT2D eigenvalue weighted by Crippen LogP contribution is -2.52. The summed E-state index contributed by atoms with van der Waals surface area (Å²) in [4.78, 5) is 24.3. The number of anilines is 1. The highest BCUT2D eigenvalue weighted by molar-refractivity contribution is 9.10. The molecule has 0 aliphatic carbocycles. The number of hydrogen-bond acceptors (Lipinski definition) is 5. The Hall–Kier alpha value is -2.38. The molecule has 1 amide bonds. The van der Waals surface area contributed by atoms with Gasteiger partial charge in [0.15, 0.2) is 0 Å². The highest BCUT2D eigenvalue weighted by atomic mass is 79.9. The van der Waals surface area contributed by atoms with Crippen LogP contribution < -0.4 is 15.0 Å². The molecule has 0 atom stereocenters. The van der Waals surface area contributed by atoms with Crippen molar-refractivity contribution in [3.8, 4) is 5.75 Å². The first kappa shape index (κ1) is 23.9. The molecular weight excluding hydrogens is 448 g/mol. The topological polar surface area (TPSA) is 67.9 Å². The molecule has 2 aromatic rings. The Morgan fingerprint density at radius 1 is 1.17 bits per heavy atom. The first-order valence-electron chi connectivity index (χ1n) is 9.76. The van der Waals surface area contributed by atoms with E-state index in [1.54, 1.807) is 7.11 Å². The molecule has 162 valence electrons. The smallest absolute Gasteiger partial charge is 0.293 e. The molecule has 0 saturated carbocycles. The lowest BCUT2D eigenvalue weighted by Gasteiger charge is -2.33. The monoisotopic (exact) mass is 476 g/mol. The van der Waals surface area contributed by atoms with Crippen LogP contribution >= 0.6 is 15.9 Å². The van der Waals surface area contributed by atoms with E-state index in [0.717, 1.165) is 34.6 Å². The van der Waals surface area contributed by atoms with Gasteiger partial charge in [-0.15, -0.1) is 0 Å². The minimum atomic E-state index is -0.318. The number of amides is 1. The van der Waals surface area contributed by atoms with Gasteiger partial charge in [-0.25, -0.2) is 0 Å². The average Bonchev–Trinajstić information content (AvgIpc) is 2.65. The van der Waals surface area contributed by atoms with E-state index in [4.69, 9.17) is 4.74 Å². The number of nitrogens with one attached hydrogen (secondary N) is 1. The van der Waals surface area contributed by atoms with Crippen LogP contribution in [0.2, 0.25) is 0 Å². The number of rotatable bonds is 6. The van der Waals surface area contributed by atoms with Crippen LogP contribution in [0.15, 0.2) is 53.0 Å². The maximum atomic E-state index is 12.8. The van der Waals surface area contributed by atoms with Gasteiger partial charge in [0.05, 0.1) is 25.3 Å². The number of nitrogens with zero attached hydrogens (tertiary/aromatic N) is 1. The Bertz CT molecular complexity index is 830. The Labute approximate surface area is 186 Å². The molecule has 0 spiro atoms. The summed E-state index contributed by atoms with van der Waals surface area (Å²) < 4.78 is 10.7. The zero-order valence-corrected chi connectivity index (χ0v) is 19.4. The second-order valence-corrected chi connectivity index (χ2v) is 8.76. The predicted molar refractivity (Wildman–Crippen MR) is 122 cm³/mol. The maximum absolute atomic E-state index is 12.8. The van der Waals surface area contributed by atoms with Crippen LogP contribution in [0, 0.1) is 5.92 Å². The van der Waals surface area contributed by atoms with Gasteiger partial charge < -0.3 is 19.7 Å². The predicted octanol–water partition coefficient (Wildman–Crippen LogP) is 4.17. The van der Waals surface area contributed by atoms with Gasteiger partial charge in [0.2, 0.25) is 5.91 Å². The van der Waals surface area contributed by atoms with Gasteiger partial charge in [-0.3, -0.25) is 9.59 Å². The van der Waals surface area contributed by atoms with Crippen LogP contribution in [0.3, 0.4) is 0 Å². The summed E-state index contributed by atoms with van der Waals surface area (Å²) in [6, 6.07) is 15.7. The molecule has 6 nitrogen and oxygen atoms in total. The summed E-state index contributed by atoms with van der Waals surface area (Å²) in [6.07, 6.45) is 0. The summed E-state index contributed by atoms with van der Waals surface area (Å²) in [6.45, 7) is 7.97. The van der Waals surface area contributed by atoms with E-state index in [1.165, 1.54) is 0 Å². The van der Waals surface area contributed by atoms with E-state index in [1.807, 2.05) is 74.2 Å². The van der Waals surface area contributed by atoms with Crippen LogP contribution in [-0.4, -0.2) is 38.2 Å². The van der Waals surface area contributed by atoms with Gasteiger partial charge in [-0.1, -0.05) is 24.3 Å². The normalized spacial score (nSPS) is 13.4. The Morgan fingerprint density at radius 3 is 2.23 bits per heavy atom. The lowest BCUT2D eigenvalue weighted by atomic mass is 10.0. The first-order valence-corrected chi connectivity index (χ1v) is 10.6. The standard InChI is InChI=1S/C18H19BrN2O2.C5H10O2/c1-23-15-8-6-13(7-9-15)12-21(18(22)14-10-20-11-14)17-5-3-2-4-16(17)19;1-5(2,3)7-4-6/h2-9,14,20H,10-12H2,1H3;4H,1-3H3. The van der Waals surface area contributed by atoms with Crippen molar-refractivity contribution in [3.63, 3.8) is 0 Å². The quantitative estimate of drug-likeness (QED) is 0.633. The molecule has 2 aromatic carbocycles. The van der Waals surface area contributed by atoms with E-state index in [0.29, 0.717) is 13.0 Å². The number of carbonyl (C=O) groups excluding carboxylic acids is 2. The van der Waals surface area contributed by atoms with Gasteiger partial charge >= 0.3 is 0 Å². The number of hydrogen-bond donors (Lipinski definition) is 1. The number of ether oxygens (including phenoxy) is 2. The highest BCUT2D eigenvalue weighted by Gasteiger charge is 2.30. The fourth-order valence-electron chi connectivity index (χ4n) is 2.69. The van der Waals surface area contributed by atoms with E-state index in [-0.39, 0.29) is 17.4 Å². The fraction of sp³-hybridized carbons (Fsp3) is 0.391. The molecule has 0 aromatic heterocycles. The van der Waals surface area contributed by atoms with E-state index >= 15 is 0 Å². The van der Waals surface area contributed by atoms with E-state index in [2.05, 4.69) is 26.0 Å². The van der Waals surface area contributed by atoms with Crippen LogP contribution in [0.4, 0.5) is 5.69 Å². The molecule has 3 rings (SSSR count). The average molecular weight is 477 g/mol. The summed E-state index contributed by atoms with van der Waals surface area (Å²) in [5.74, 6) is 1.03. The largest absolute Gasteiger partial charge is 0.497 e. The van der Waals surface area contributed by atoms with E-state index in [9.17, 15) is 9.59 Å². The third-order valence-corrected chi connectivity index (χ3v) is 5.11. The summed E-state index contributed by atoms with van der Waals surface area (Å²) in [5.41, 5.74) is 1.66. The molecule has 0 bridgehead atoms. The molecule has 0 unspecified atom stereocenters. The van der Waals surface area contributed by atoms with E-state index < -0.39 is 0 Å². The molecule has 0 radical (unpaired) electrons. The van der Waals surface area contributed by atoms with Gasteiger partial charge in [0.1, 0.15) is 11.4 Å². The number of para-hydroxylation sites is 1. The first-order chi connectivity index (χ1) is 14.2. The Balaban J connectivity index is 0.000000396. The lowest BCUT2D eigenvalue weighted by molar-refractivity contribution is -0.138. The van der Waals surface area contributed by atoms with Crippen molar-refractivity contribution in [1.82, 2.24) is 5.32 Å². The second kappa shape index (κ2) is 11.1. The number of halogens is 1. The van der Waals surface area contributed by atoms with Crippen molar-refractivity contribution in [1.29, 1.82) is 0 Å². The number of benzene rings is 2. The number of carbonyl (C=O) groups is 2. The van der Waals surface area contributed by atoms with Crippen molar-refractivity contribution in [2.45, 2.75) is 32.9 Å². The van der Waals surface area contributed by atoms with Gasteiger partial charge in [0.25, 0.3) is 6.47 Å². The molecule has 1 saturated heterocycles. The zero-order valence-electron chi connectivity index (χ0n) is 17.9. The van der Waals surface area contributed by atoms with Crippen LogP contribution in [-0.2, 0) is 20.9 Å². The van der Waals surface area contributed by atoms with Gasteiger partial charge in [-0.05, 0) is 66.5 Å². The van der Waals surface area contributed by atoms with Crippen LogP contribution in [0.1, 0.15) is 26.3 Å². The SMILES string of the molecule is CC(C)(C)OC=O.COc1ccc(CN(C(=O)C2CNC2)c2ccccc2Br)cc1. The van der Waals surface area contributed by atoms with Crippen molar-refractivity contribution >= 4 is 34.0 Å². The van der Waals surface area contributed by atoms with Crippen molar-refractivity contribution in [2.75, 3.05) is 25.1 Å². The third kappa shape index (κ3) is 7.15. The van der Waals surface area contributed by atoms with Crippen molar-refractivity contribution in [2.24, 2.45) is 5.92 Å². The maximum Gasteiger partial charge on any atom is 0.293 e. The van der Waals surface area contributed by atoms with Crippen molar-refractivity contribution in [3.05, 3.63) is 58.6 Å². The third-order valence-electron chi connectivity index (χ3n) is 4.44. The molecule has 1 aliphatic rings. The van der Waals surface area contributed by atoms with Crippen LogP contribution in [0.25, 0.3) is 0 Å².